The van der Waals surface area contributed by atoms with E-state index in [0.717, 1.165) is 16.9 Å². The highest BCUT2D eigenvalue weighted by Gasteiger charge is 2.14. The molecule has 8 nitrogen and oxygen atoms in total. The van der Waals surface area contributed by atoms with Crippen LogP contribution in [0.25, 0.3) is 16.9 Å². The lowest BCUT2D eigenvalue weighted by atomic mass is 10.1. The van der Waals surface area contributed by atoms with Crippen molar-refractivity contribution >= 4 is 22.9 Å². The third-order valence-corrected chi connectivity index (χ3v) is 4.45. The summed E-state index contributed by atoms with van der Waals surface area (Å²) in [5.41, 5.74) is 3.09. The van der Waals surface area contributed by atoms with E-state index in [-0.39, 0.29) is 5.69 Å². The van der Waals surface area contributed by atoms with Crippen LogP contribution in [0.3, 0.4) is 0 Å². The van der Waals surface area contributed by atoms with Gasteiger partial charge >= 0.3 is 0 Å². The molecule has 0 saturated heterocycles. The summed E-state index contributed by atoms with van der Waals surface area (Å²) in [6.45, 7) is 0. The number of hydrogen-bond donors (Lipinski definition) is 1. The number of rotatable bonds is 5. The van der Waals surface area contributed by atoms with Crippen molar-refractivity contribution < 1.29 is 14.5 Å². The number of fused-ring (bicyclic) bond motifs is 1. The Kier molecular flexibility index (Phi) is 4.66. The highest BCUT2D eigenvalue weighted by molar-refractivity contribution is 6.05. The second-order valence-electron chi connectivity index (χ2n) is 6.27. The van der Waals surface area contributed by atoms with E-state index in [0.29, 0.717) is 17.0 Å². The van der Waals surface area contributed by atoms with Crippen LogP contribution in [-0.4, -0.2) is 27.3 Å². The van der Waals surface area contributed by atoms with Crippen LogP contribution in [0.2, 0.25) is 0 Å². The van der Waals surface area contributed by atoms with Gasteiger partial charge in [0.05, 0.1) is 23.4 Å². The van der Waals surface area contributed by atoms with Crippen LogP contribution >= 0.6 is 0 Å². The summed E-state index contributed by atoms with van der Waals surface area (Å²) in [6.07, 6.45) is 3.81. The first-order valence-corrected chi connectivity index (χ1v) is 8.73. The lowest BCUT2D eigenvalue weighted by Crippen LogP contribution is -2.12. The average molecular weight is 388 g/mol. The molecule has 0 fully saturated rings. The standard InChI is InChI=1S/C21H16N4O4/c1-29-19-10-7-15(18-13-24-11-3-2-4-20(24)22-18)12-17(19)23-21(26)14-5-8-16(9-6-14)25(27)28/h2-13H,1H3,(H,23,26). The summed E-state index contributed by atoms with van der Waals surface area (Å²) < 4.78 is 7.26. The summed E-state index contributed by atoms with van der Waals surface area (Å²) in [5.74, 6) is 0.0955. The third kappa shape index (κ3) is 3.63. The number of carbonyl (C=O) groups excluding carboxylic acids is 1. The number of anilines is 1. The van der Waals surface area contributed by atoms with Crippen LogP contribution < -0.4 is 10.1 Å². The smallest absolute Gasteiger partial charge is 0.269 e. The molecule has 0 aliphatic heterocycles. The zero-order valence-electron chi connectivity index (χ0n) is 15.4. The van der Waals surface area contributed by atoms with Gasteiger partial charge in [-0.15, -0.1) is 0 Å². The average Bonchev–Trinajstić information content (AvgIpc) is 3.18. The van der Waals surface area contributed by atoms with Crippen molar-refractivity contribution in [2.45, 2.75) is 0 Å². The summed E-state index contributed by atoms with van der Waals surface area (Å²) in [6, 6.07) is 16.5. The number of ether oxygens (including phenoxy) is 1. The van der Waals surface area contributed by atoms with Crippen molar-refractivity contribution in [1.29, 1.82) is 0 Å². The maximum Gasteiger partial charge on any atom is 0.269 e. The molecule has 4 aromatic rings. The highest BCUT2D eigenvalue weighted by Crippen LogP contribution is 2.31. The number of imidazole rings is 1. The highest BCUT2D eigenvalue weighted by atomic mass is 16.6. The molecule has 0 unspecified atom stereocenters. The molecule has 0 atom stereocenters. The maximum atomic E-state index is 12.6. The third-order valence-electron chi connectivity index (χ3n) is 4.45. The first-order chi connectivity index (χ1) is 14.0. The number of nitro groups is 1. The van der Waals surface area contributed by atoms with Crippen LogP contribution in [-0.2, 0) is 0 Å². The normalized spacial score (nSPS) is 10.7. The number of benzene rings is 2. The van der Waals surface area contributed by atoms with Gasteiger partial charge in [-0.3, -0.25) is 14.9 Å². The molecule has 144 valence electrons. The molecule has 4 rings (SSSR count). The van der Waals surface area contributed by atoms with Gasteiger partial charge in [-0.2, -0.15) is 0 Å². The number of nitro benzene ring substituents is 1. The summed E-state index contributed by atoms with van der Waals surface area (Å²) >= 11 is 0. The van der Waals surface area contributed by atoms with E-state index in [1.165, 1.54) is 31.4 Å². The number of carbonyl (C=O) groups is 1. The molecule has 8 heteroatoms. The van der Waals surface area contributed by atoms with Gasteiger partial charge in [-0.05, 0) is 42.5 Å². The van der Waals surface area contributed by atoms with Gasteiger partial charge in [0.25, 0.3) is 11.6 Å². The van der Waals surface area contributed by atoms with Crippen LogP contribution in [0, 0.1) is 10.1 Å². The Morgan fingerprint density at radius 2 is 1.93 bits per heavy atom. The number of nitrogens with zero attached hydrogens (tertiary/aromatic N) is 3. The van der Waals surface area contributed by atoms with E-state index in [9.17, 15) is 14.9 Å². The van der Waals surface area contributed by atoms with Crippen LogP contribution in [0.1, 0.15) is 10.4 Å². The second kappa shape index (κ2) is 7.43. The molecule has 0 spiro atoms. The van der Waals surface area contributed by atoms with Crippen LogP contribution in [0.4, 0.5) is 11.4 Å². The molecule has 2 aromatic heterocycles. The summed E-state index contributed by atoms with van der Waals surface area (Å²) in [7, 11) is 1.52. The lowest BCUT2D eigenvalue weighted by molar-refractivity contribution is -0.384. The first-order valence-electron chi connectivity index (χ1n) is 8.73. The largest absolute Gasteiger partial charge is 0.495 e. The molecule has 1 amide bonds. The van der Waals surface area contributed by atoms with Gasteiger partial charge in [-0.25, -0.2) is 4.98 Å². The molecule has 0 aliphatic rings. The number of non-ortho nitro benzene ring substituents is 1. The van der Waals surface area contributed by atoms with E-state index >= 15 is 0 Å². The van der Waals surface area contributed by atoms with Crippen molar-refractivity contribution in [2.24, 2.45) is 0 Å². The zero-order valence-corrected chi connectivity index (χ0v) is 15.4. The molecule has 2 aromatic carbocycles. The molecular weight excluding hydrogens is 372 g/mol. The van der Waals surface area contributed by atoms with Crippen molar-refractivity contribution in [1.82, 2.24) is 9.38 Å². The minimum Gasteiger partial charge on any atom is -0.495 e. The SMILES string of the molecule is COc1ccc(-c2cn3ccccc3n2)cc1NC(=O)c1ccc([N+](=O)[O-])cc1. The molecule has 29 heavy (non-hydrogen) atoms. The van der Waals surface area contributed by atoms with E-state index in [1.54, 1.807) is 12.1 Å². The first kappa shape index (κ1) is 18.2. The van der Waals surface area contributed by atoms with Crippen LogP contribution in [0.5, 0.6) is 5.75 Å². The Labute approximate surface area is 165 Å². The zero-order chi connectivity index (χ0) is 20.4. The minimum atomic E-state index is -0.511. The summed E-state index contributed by atoms with van der Waals surface area (Å²) in [4.78, 5) is 27.4. The van der Waals surface area contributed by atoms with Crippen molar-refractivity contribution in [3.05, 3.63) is 88.7 Å². The topological polar surface area (TPSA) is 98.8 Å². The number of pyridine rings is 1. The molecule has 0 radical (unpaired) electrons. The van der Waals surface area contributed by atoms with Crippen molar-refractivity contribution in [2.75, 3.05) is 12.4 Å². The van der Waals surface area contributed by atoms with E-state index in [4.69, 9.17) is 4.74 Å². The molecule has 0 saturated carbocycles. The maximum absolute atomic E-state index is 12.6. The quantitative estimate of drug-likeness (QED) is 0.409. The number of nitrogens with one attached hydrogen (secondary N) is 1. The Hall–Kier alpha value is -4.20. The number of amides is 1. The summed E-state index contributed by atoms with van der Waals surface area (Å²) in [5, 5.41) is 13.6. The van der Waals surface area contributed by atoms with Crippen molar-refractivity contribution in [3.8, 4) is 17.0 Å². The molecule has 0 aliphatic carbocycles. The fourth-order valence-corrected chi connectivity index (χ4v) is 2.97. The Morgan fingerprint density at radius 3 is 2.62 bits per heavy atom. The monoisotopic (exact) mass is 388 g/mol. The predicted molar refractivity (Wildman–Crippen MR) is 108 cm³/mol. The Morgan fingerprint density at radius 1 is 1.14 bits per heavy atom. The fraction of sp³-hybridized carbons (Fsp3) is 0.0476. The number of aromatic nitrogens is 2. The lowest BCUT2D eigenvalue weighted by Gasteiger charge is -2.11. The predicted octanol–water partition coefficient (Wildman–Crippen LogP) is 4.17. The van der Waals surface area contributed by atoms with Gasteiger partial charge < -0.3 is 14.5 Å². The van der Waals surface area contributed by atoms with Gasteiger partial charge in [0.1, 0.15) is 11.4 Å². The Balaban J connectivity index is 1.64. The molecular formula is C21H16N4O4. The number of methoxy groups -OCH3 is 1. The van der Waals surface area contributed by atoms with Gasteiger partial charge in [-0.1, -0.05) is 6.07 Å². The van der Waals surface area contributed by atoms with Gasteiger partial charge in [0.15, 0.2) is 0 Å². The molecule has 0 bridgehead atoms. The fourth-order valence-electron chi connectivity index (χ4n) is 2.97. The van der Waals surface area contributed by atoms with E-state index in [2.05, 4.69) is 10.3 Å². The van der Waals surface area contributed by atoms with Crippen molar-refractivity contribution in [3.63, 3.8) is 0 Å². The minimum absolute atomic E-state index is 0.0759. The second-order valence-corrected chi connectivity index (χ2v) is 6.27. The Bertz CT molecular complexity index is 1180. The van der Waals surface area contributed by atoms with E-state index < -0.39 is 10.8 Å². The number of hydrogen-bond acceptors (Lipinski definition) is 5. The van der Waals surface area contributed by atoms with Crippen LogP contribution in [0.15, 0.2) is 73.1 Å². The van der Waals surface area contributed by atoms with Gasteiger partial charge in [0, 0.05) is 35.7 Å². The van der Waals surface area contributed by atoms with E-state index in [1.807, 2.05) is 41.1 Å². The molecule has 2 heterocycles. The van der Waals surface area contributed by atoms with Gasteiger partial charge in [0.2, 0.25) is 0 Å². The molecule has 1 N–H and O–H groups in total.